The average molecular weight is 129 g/mol. The molecule has 1 saturated carbocycles. The Labute approximate surface area is 54.3 Å². The van der Waals surface area contributed by atoms with Gasteiger partial charge in [0, 0.05) is 5.88 Å². The van der Waals surface area contributed by atoms with Gasteiger partial charge in [-0.3, -0.25) is 0 Å². The summed E-state index contributed by atoms with van der Waals surface area (Å²) in [6.07, 6.45) is 5.03. The van der Waals surface area contributed by atoms with Gasteiger partial charge in [-0.05, 0) is 24.2 Å². The Morgan fingerprint density at radius 3 is 2.88 bits per heavy atom. The highest BCUT2D eigenvalue weighted by Gasteiger charge is 2.16. The van der Waals surface area contributed by atoms with Gasteiger partial charge in [-0.15, -0.1) is 11.8 Å². The van der Waals surface area contributed by atoms with Crippen LogP contribution < -0.4 is 5.73 Å². The summed E-state index contributed by atoms with van der Waals surface area (Å²) in [5.74, 6) is 1.61. The summed E-state index contributed by atoms with van der Waals surface area (Å²) < 4.78 is 0. The molecule has 1 rings (SSSR count). The van der Waals surface area contributed by atoms with Crippen molar-refractivity contribution in [3.63, 3.8) is 0 Å². The third kappa shape index (κ3) is 2.38. The first kappa shape index (κ1) is 6.17. The molecule has 1 aliphatic carbocycles. The van der Waals surface area contributed by atoms with Crippen molar-refractivity contribution in [2.75, 3.05) is 5.88 Å². The van der Waals surface area contributed by atoms with Gasteiger partial charge in [-0.1, -0.05) is 6.08 Å². The zero-order chi connectivity index (χ0) is 5.82. The van der Waals surface area contributed by atoms with Gasteiger partial charge >= 0.3 is 0 Å². The van der Waals surface area contributed by atoms with E-state index in [4.69, 9.17) is 5.73 Å². The molecule has 0 atom stereocenters. The number of hydrogen-bond acceptors (Lipinski definition) is 2. The Kier molecular flexibility index (Phi) is 2.43. The van der Waals surface area contributed by atoms with Gasteiger partial charge in [0.05, 0.1) is 0 Å². The zero-order valence-electron chi connectivity index (χ0n) is 4.84. The molecule has 1 fully saturated rings. The summed E-state index contributed by atoms with van der Waals surface area (Å²) >= 11 is 1.67. The van der Waals surface area contributed by atoms with E-state index in [1.165, 1.54) is 12.8 Å². The lowest BCUT2D eigenvalue weighted by Crippen LogP contribution is -1.88. The molecule has 0 bridgehead atoms. The van der Waals surface area contributed by atoms with E-state index in [0.29, 0.717) is 5.88 Å². The standard InChI is InChI=1S/C6H11NS/c7-5-8-4-3-6-1-2-6/h3-4,6H,1-2,5,7H2/b4-3-. The number of allylic oxidation sites excluding steroid dienone is 1. The fourth-order valence-corrected chi connectivity index (χ4v) is 0.955. The molecule has 0 aromatic rings. The summed E-state index contributed by atoms with van der Waals surface area (Å²) in [5, 5.41) is 2.11. The Bertz CT molecular complexity index is 86.5. The molecule has 0 aliphatic heterocycles. The smallest absolute Gasteiger partial charge is 0.0434 e. The number of thioether (sulfide) groups is 1. The van der Waals surface area contributed by atoms with E-state index in [1.54, 1.807) is 11.8 Å². The first-order valence-corrected chi connectivity index (χ1v) is 3.96. The lowest BCUT2D eigenvalue weighted by molar-refractivity contribution is 1.13. The largest absolute Gasteiger partial charge is 0.322 e. The van der Waals surface area contributed by atoms with Crippen LogP contribution in [0.4, 0.5) is 0 Å². The van der Waals surface area contributed by atoms with Crippen molar-refractivity contribution >= 4 is 11.8 Å². The van der Waals surface area contributed by atoms with Crippen LogP contribution in [0.1, 0.15) is 12.8 Å². The van der Waals surface area contributed by atoms with Crippen LogP contribution in [-0.4, -0.2) is 5.88 Å². The van der Waals surface area contributed by atoms with Gasteiger partial charge in [0.15, 0.2) is 0 Å². The normalized spacial score (nSPS) is 20.1. The molecule has 2 N–H and O–H groups in total. The fraction of sp³-hybridized carbons (Fsp3) is 0.667. The van der Waals surface area contributed by atoms with Crippen LogP contribution in [0.25, 0.3) is 0 Å². The van der Waals surface area contributed by atoms with E-state index in [9.17, 15) is 0 Å². The van der Waals surface area contributed by atoms with Crippen molar-refractivity contribution in [1.29, 1.82) is 0 Å². The average Bonchev–Trinajstić information content (AvgIpc) is 2.51. The maximum Gasteiger partial charge on any atom is 0.0434 e. The monoisotopic (exact) mass is 129 g/mol. The van der Waals surface area contributed by atoms with Crippen LogP contribution in [0.5, 0.6) is 0 Å². The molecule has 1 aliphatic rings. The molecule has 2 heteroatoms. The minimum Gasteiger partial charge on any atom is -0.322 e. The van der Waals surface area contributed by atoms with Gasteiger partial charge in [-0.25, -0.2) is 0 Å². The second-order valence-electron chi connectivity index (χ2n) is 2.00. The van der Waals surface area contributed by atoms with Crippen molar-refractivity contribution in [1.82, 2.24) is 0 Å². The summed E-state index contributed by atoms with van der Waals surface area (Å²) in [6, 6.07) is 0. The van der Waals surface area contributed by atoms with Crippen LogP contribution in [-0.2, 0) is 0 Å². The summed E-state index contributed by atoms with van der Waals surface area (Å²) in [5.41, 5.74) is 5.25. The van der Waals surface area contributed by atoms with E-state index < -0.39 is 0 Å². The molecule has 0 unspecified atom stereocenters. The predicted molar refractivity (Wildman–Crippen MR) is 38.5 cm³/mol. The lowest BCUT2D eigenvalue weighted by Gasteiger charge is -1.82. The molecule has 0 heterocycles. The van der Waals surface area contributed by atoms with Crippen LogP contribution in [0, 0.1) is 5.92 Å². The van der Waals surface area contributed by atoms with E-state index >= 15 is 0 Å². The lowest BCUT2D eigenvalue weighted by atomic mass is 10.4. The van der Waals surface area contributed by atoms with Crippen molar-refractivity contribution < 1.29 is 0 Å². The van der Waals surface area contributed by atoms with Crippen LogP contribution in [0.2, 0.25) is 0 Å². The fourth-order valence-electron chi connectivity index (χ4n) is 0.511. The topological polar surface area (TPSA) is 26.0 Å². The van der Waals surface area contributed by atoms with E-state index in [1.807, 2.05) is 0 Å². The Morgan fingerprint density at radius 2 is 2.38 bits per heavy atom. The van der Waals surface area contributed by atoms with Crippen molar-refractivity contribution in [3.05, 3.63) is 11.5 Å². The van der Waals surface area contributed by atoms with Crippen LogP contribution in [0.3, 0.4) is 0 Å². The summed E-state index contributed by atoms with van der Waals surface area (Å²) in [4.78, 5) is 0. The molecule has 0 aromatic carbocycles. The van der Waals surface area contributed by atoms with Gasteiger partial charge in [-0.2, -0.15) is 0 Å². The Morgan fingerprint density at radius 1 is 1.62 bits per heavy atom. The first-order chi connectivity index (χ1) is 3.93. The van der Waals surface area contributed by atoms with Crippen LogP contribution >= 0.6 is 11.8 Å². The second-order valence-corrected chi connectivity index (χ2v) is 2.94. The molecule has 46 valence electrons. The maximum atomic E-state index is 5.25. The molecule has 0 spiro atoms. The van der Waals surface area contributed by atoms with Gasteiger partial charge in [0.1, 0.15) is 0 Å². The van der Waals surface area contributed by atoms with E-state index in [2.05, 4.69) is 11.5 Å². The molecule has 0 saturated heterocycles. The zero-order valence-corrected chi connectivity index (χ0v) is 5.66. The molecule has 1 nitrogen and oxygen atoms in total. The number of hydrogen-bond donors (Lipinski definition) is 1. The van der Waals surface area contributed by atoms with Crippen molar-refractivity contribution in [3.8, 4) is 0 Å². The predicted octanol–water partition coefficient (Wildman–Crippen LogP) is 1.56. The van der Waals surface area contributed by atoms with Crippen LogP contribution in [0.15, 0.2) is 11.5 Å². The van der Waals surface area contributed by atoms with E-state index in [-0.39, 0.29) is 0 Å². The van der Waals surface area contributed by atoms with Gasteiger partial charge in [0.25, 0.3) is 0 Å². The number of nitrogens with two attached hydrogens (primary N) is 1. The SMILES string of the molecule is NCS/C=C\C1CC1. The summed E-state index contributed by atoms with van der Waals surface area (Å²) in [7, 11) is 0. The number of rotatable bonds is 3. The summed E-state index contributed by atoms with van der Waals surface area (Å²) in [6.45, 7) is 0. The van der Waals surface area contributed by atoms with Gasteiger partial charge in [0.2, 0.25) is 0 Å². The minimum absolute atomic E-state index is 0.712. The quantitative estimate of drug-likeness (QED) is 0.585. The highest BCUT2D eigenvalue weighted by Crippen LogP contribution is 2.30. The van der Waals surface area contributed by atoms with Crippen molar-refractivity contribution in [2.45, 2.75) is 12.8 Å². The third-order valence-corrected chi connectivity index (χ3v) is 1.71. The molecule has 0 amide bonds. The molecule has 0 radical (unpaired) electrons. The van der Waals surface area contributed by atoms with E-state index in [0.717, 1.165) is 5.92 Å². The molecular formula is C6H11NS. The second kappa shape index (κ2) is 3.15. The first-order valence-electron chi connectivity index (χ1n) is 2.92. The van der Waals surface area contributed by atoms with Gasteiger partial charge < -0.3 is 5.73 Å². The minimum atomic E-state index is 0.712. The maximum absolute atomic E-state index is 5.25. The molecular weight excluding hydrogens is 118 g/mol. The molecule has 8 heavy (non-hydrogen) atoms. The highest BCUT2D eigenvalue weighted by atomic mass is 32.2. The van der Waals surface area contributed by atoms with Crippen molar-refractivity contribution in [2.24, 2.45) is 11.7 Å². The third-order valence-electron chi connectivity index (χ3n) is 1.17. The Hall–Kier alpha value is 0.0500. The molecule has 0 aromatic heterocycles. The Balaban J connectivity index is 1.96. The highest BCUT2D eigenvalue weighted by molar-refractivity contribution is 8.02.